The zero-order valence-corrected chi connectivity index (χ0v) is 22.9. The molecule has 0 aliphatic rings. The highest BCUT2D eigenvalue weighted by Crippen LogP contribution is 2.38. The number of methoxy groups -OCH3 is 2. The Morgan fingerprint density at radius 3 is 2.34 bits per heavy atom. The van der Waals surface area contributed by atoms with Crippen molar-refractivity contribution in [3.8, 4) is 16.2 Å². The van der Waals surface area contributed by atoms with E-state index >= 15 is 0 Å². The minimum absolute atomic E-state index is 0.0332. The second kappa shape index (κ2) is 11.2. The molecule has 0 aliphatic carbocycles. The highest BCUT2D eigenvalue weighted by atomic mass is 32.2. The molecule has 0 fully saturated rings. The van der Waals surface area contributed by atoms with Crippen LogP contribution in [0, 0.1) is 6.92 Å². The molecule has 2 heterocycles. The molecule has 4 aromatic rings. The number of carbonyl (C=O) groups is 2. The molecule has 0 bridgehead atoms. The van der Waals surface area contributed by atoms with Crippen LogP contribution in [0.1, 0.15) is 38.1 Å². The first-order valence-electron chi connectivity index (χ1n) is 11.6. The fraction of sp³-hybridized carbons (Fsp3) is 0.179. The van der Waals surface area contributed by atoms with E-state index in [1.54, 1.807) is 67.8 Å². The number of rotatable bonds is 9. The van der Waals surface area contributed by atoms with Crippen LogP contribution in [0.4, 0.5) is 5.69 Å². The minimum atomic E-state index is -4.15. The van der Waals surface area contributed by atoms with Crippen LogP contribution < -0.4 is 9.04 Å². The van der Waals surface area contributed by atoms with Gasteiger partial charge in [-0.25, -0.2) is 13.2 Å². The molecular formula is C28H26N2O6S2. The maximum Gasteiger partial charge on any atom is 0.340 e. The van der Waals surface area contributed by atoms with Gasteiger partial charge in [0, 0.05) is 17.3 Å². The molecule has 0 N–H and O–H groups in total. The van der Waals surface area contributed by atoms with Crippen molar-refractivity contribution in [2.24, 2.45) is 0 Å². The highest BCUT2D eigenvalue weighted by Gasteiger charge is 2.31. The summed E-state index contributed by atoms with van der Waals surface area (Å²) in [4.78, 5) is 30.4. The van der Waals surface area contributed by atoms with Crippen molar-refractivity contribution in [1.29, 1.82) is 0 Å². The molecule has 0 saturated carbocycles. The number of aromatic nitrogens is 1. The third kappa shape index (κ3) is 5.46. The summed E-state index contributed by atoms with van der Waals surface area (Å²) in [5.74, 6) is -0.232. The van der Waals surface area contributed by atoms with Crippen LogP contribution in [0.25, 0.3) is 10.4 Å². The van der Waals surface area contributed by atoms with E-state index in [4.69, 9.17) is 9.47 Å². The SMILES string of the molecule is COC(=O)c1cc(-c2ccc(C(C)=O)s2)cc(C)c1N(Cc1cccnc1)S(=O)(=O)c1ccc(OC)cc1. The fourth-order valence-electron chi connectivity index (χ4n) is 4.02. The lowest BCUT2D eigenvalue weighted by molar-refractivity contribution is 0.0601. The maximum atomic E-state index is 14.1. The first-order chi connectivity index (χ1) is 18.1. The van der Waals surface area contributed by atoms with Gasteiger partial charge in [-0.05, 0) is 85.1 Å². The van der Waals surface area contributed by atoms with Gasteiger partial charge in [-0.15, -0.1) is 11.3 Å². The number of benzene rings is 2. The van der Waals surface area contributed by atoms with Crippen molar-refractivity contribution >= 4 is 38.8 Å². The first-order valence-corrected chi connectivity index (χ1v) is 13.8. The molecule has 0 amide bonds. The smallest absolute Gasteiger partial charge is 0.340 e. The Hall–Kier alpha value is -4.02. The summed E-state index contributed by atoms with van der Waals surface area (Å²) < 4.78 is 39.6. The van der Waals surface area contributed by atoms with Crippen molar-refractivity contribution in [1.82, 2.24) is 4.98 Å². The lowest BCUT2D eigenvalue weighted by Crippen LogP contribution is -2.33. The number of sulfonamides is 1. The standard InChI is InChI=1S/C28H26N2O6S2/c1-18-14-21(26-12-11-25(37-26)19(2)31)15-24(28(32)36-4)27(18)30(17-20-6-5-13-29-16-20)38(33,34)23-9-7-22(35-3)8-10-23/h5-16H,17H2,1-4H3. The Morgan fingerprint density at radius 1 is 1.03 bits per heavy atom. The summed E-state index contributed by atoms with van der Waals surface area (Å²) in [5.41, 5.74) is 2.13. The third-order valence-electron chi connectivity index (χ3n) is 5.89. The lowest BCUT2D eigenvalue weighted by Gasteiger charge is -2.28. The molecule has 0 unspecified atom stereocenters. The Kier molecular flexibility index (Phi) is 7.94. The summed E-state index contributed by atoms with van der Waals surface area (Å²) in [5, 5.41) is 0. The molecule has 0 radical (unpaired) electrons. The van der Waals surface area contributed by atoms with Crippen LogP contribution >= 0.6 is 11.3 Å². The summed E-state index contributed by atoms with van der Waals surface area (Å²) in [6, 6.07) is 16.5. The Balaban J connectivity index is 1.93. The summed E-state index contributed by atoms with van der Waals surface area (Å²) in [6.45, 7) is 3.16. The molecule has 196 valence electrons. The Bertz CT molecular complexity index is 1580. The van der Waals surface area contributed by atoms with E-state index in [0.717, 1.165) is 4.88 Å². The topological polar surface area (TPSA) is 103 Å². The normalized spacial score (nSPS) is 11.2. The first kappa shape index (κ1) is 27.0. The average Bonchev–Trinajstić information content (AvgIpc) is 3.43. The van der Waals surface area contributed by atoms with Crippen molar-refractivity contribution in [2.45, 2.75) is 25.3 Å². The zero-order chi connectivity index (χ0) is 27.4. The number of esters is 1. The molecule has 8 nitrogen and oxygen atoms in total. The van der Waals surface area contributed by atoms with Gasteiger partial charge < -0.3 is 9.47 Å². The number of thiophene rings is 1. The quantitative estimate of drug-likeness (QED) is 0.200. The van der Waals surface area contributed by atoms with E-state index in [0.29, 0.717) is 27.3 Å². The van der Waals surface area contributed by atoms with Crippen LogP contribution in [0.2, 0.25) is 0 Å². The van der Waals surface area contributed by atoms with Gasteiger partial charge in [0.05, 0.1) is 41.8 Å². The van der Waals surface area contributed by atoms with Crippen LogP contribution in [-0.4, -0.2) is 39.4 Å². The van der Waals surface area contributed by atoms with Gasteiger partial charge in [-0.2, -0.15) is 0 Å². The maximum absolute atomic E-state index is 14.1. The molecule has 4 rings (SSSR count). The van der Waals surface area contributed by atoms with E-state index in [1.165, 1.54) is 48.9 Å². The van der Waals surface area contributed by atoms with Crippen molar-refractivity contribution < 1.29 is 27.5 Å². The molecule has 38 heavy (non-hydrogen) atoms. The molecule has 10 heteroatoms. The summed E-state index contributed by atoms with van der Waals surface area (Å²) in [6.07, 6.45) is 3.18. The number of hydrogen-bond acceptors (Lipinski definition) is 8. The predicted octanol–water partition coefficient (Wildman–Crippen LogP) is 5.51. The number of Topliss-reactive ketones (excluding diaryl/α,β-unsaturated/α-hetero) is 1. The van der Waals surface area contributed by atoms with Crippen molar-refractivity contribution in [3.05, 3.63) is 94.6 Å². The van der Waals surface area contributed by atoms with Gasteiger partial charge in [0.15, 0.2) is 5.78 Å². The monoisotopic (exact) mass is 550 g/mol. The van der Waals surface area contributed by atoms with E-state index in [9.17, 15) is 18.0 Å². The van der Waals surface area contributed by atoms with Crippen molar-refractivity contribution in [3.63, 3.8) is 0 Å². The molecule has 2 aromatic heterocycles. The molecule has 0 spiro atoms. The summed E-state index contributed by atoms with van der Waals surface area (Å²) in [7, 11) is -1.40. The molecule has 0 saturated heterocycles. The van der Waals surface area contributed by atoms with Crippen LogP contribution in [0.3, 0.4) is 0 Å². The van der Waals surface area contributed by atoms with Gasteiger partial charge in [-0.1, -0.05) is 6.07 Å². The number of pyridine rings is 1. The van der Waals surface area contributed by atoms with E-state index in [-0.39, 0.29) is 28.5 Å². The van der Waals surface area contributed by atoms with Crippen LogP contribution in [-0.2, 0) is 21.3 Å². The minimum Gasteiger partial charge on any atom is -0.497 e. The van der Waals surface area contributed by atoms with Gasteiger partial charge in [0.2, 0.25) is 0 Å². The lowest BCUT2D eigenvalue weighted by atomic mass is 10.0. The van der Waals surface area contributed by atoms with Gasteiger partial charge >= 0.3 is 5.97 Å². The van der Waals surface area contributed by atoms with Gasteiger partial charge in [0.1, 0.15) is 5.75 Å². The predicted molar refractivity (Wildman–Crippen MR) is 146 cm³/mol. The number of carbonyl (C=O) groups excluding carboxylic acids is 2. The number of ketones is 1. The average molecular weight is 551 g/mol. The van der Waals surface area contributed by atoms with Gasteiger partial charge in [0.25, 0.3) is 10.0 Å². The number of hydrogen-bond donors (Lipinski definition) is 0. The molecule has 0 atom stereocenters. The van der Waals surface area contributed by atoms with Crippen LogP contribution in [0.15, 0.2) is 78.0 Å². The largest absolute Gasteiger partial charge is 0.497 e. The fourth-order valence-corrected chi connectivity index (χ4v) is 6.44. The second-order valence-corrected chi connectivity index (χ2v) is 11.4. The van der Waals surface area contributed by atoms with E-state index in [2.05, 4.69) is 4.98 Å². The molecule has 2 aromatic carbocycles. The van der Waals surface area contributed by atoms with Crippen LogP contribution in [0.5, 0.6) is 5.75 Å². The summed E-state index contributed by atoms with van der Waals surface area (Å²) >= 11 is 1.30. The highest BCUT2D eigenvalue weighted by molar-refractivity contribution is 7.92. The number of nitrogens with zero attached hydrogens (tertiary/aromatic N) is 2. The van der Waals surface area contributed by atoms with E-state index < -0.39 is 16.0 Å². The second-order valence-electron chi connectivity index (χ2n) is 8.45. The number of aryl methyl sites for hydroxylation is 1. The number of anilines is 1. The van der Waals surface area contributed by atoms with Gasteiger partial charge in [-0.3, -0.25) is 14.1 Å². The number of ether oxygens (including phenoxy) is 2. The zero-order valence-electron chi connectivity index (χ0n) is 21.3. The molecule has 0 aliphatic heterocycles. The van der Waals surface area contributed by atoms with E-state index in [1.807, 2.05) is 0 Å². The van der Waals surface area contributed by atoms with Crippen molar-refractivity contribution in [2.75, 3.05) is 18.5 Å². The third-order valence-corrected chi connectivity index (χ3v) is 8.88. The Morgan fingerprint density at radius 2 is 1.76 bits per heavy atom. The Labute approximate surface area is 225 Å². The molecular weight excluding hydrogens is 524 g/mol.